The number of hydrogen-bond acceptors (Lipinski definition) is 6. The number of carbonyl (C=O) groups is 1. The van der Waals surface area contributed by atoms with Crippen molar-refractivity contribution in [2.45, 2.75) is 12.3 Å². The van der Waals surface area contributed by atoms with Gasteiger partial charge in [0.05, 0.1) is 12.6 Å². The van der Waals surface area contributed by atoms with Crippen LogP contribution in [0.25, 0.3) is 0 Å². The fourth-order valence-corrected chi connectivity index (χ4v) is 0.347. The Bertz CT molecular complexity index is 128. The number of nitrogens with two attached hydrogens (primary N) is 3. The molecular formula is C5H13N3O3. The minimum atomic E-state index is -1.18. The van der Waals surface area contributed by atoms with Crippen LogP contribution in [-0.4, -0.2) is 36.5 Å². The molecule has 0 aromatic rings. The lowest BCUT2D eigenvalue weighted by Crippen LogP contribution is -2.45. The average Bonchev–Trinajstić information content (AvgIpc) is 1.99. The molecule has 0 bridgehead atoms. The number of carbonyl (C=O) groups excluding carboxylic acids is 1. The number of esters is 1. The summed E-state index contributed by atoms with van der Waals surface area (Å²) in [5.41, 5.74) is 15.1. The first-order valence-electron chi connectivity index (χ1n) is 3.13. The zero-order chi connectivity index (χ0) is 8.85. The lowest BCUT2D eigenvalue weighted by atomic mass is 10.3. The number of aliphatic hydroxyl groups excluding tert-OH is 1. The molecule has 2 atom stereocenters. The molecule has 6 nitrogen and oxygen atoms in total. The van der Waals surface area contributed by atoms with Gasteiger partial charge in [0.15, 0.2) is 0 Å². The third-order valence-electron chi connectivity index (χ3n) is 1.04. The second kappa shape index (κ2) is 5.03. The molecule has 0 spiro atoms. The highest BCUT2D eigenvalue weighted by Gasteiger charge is 2.11. The smallest absolute Gasteiger partial charge is 0.319 e. The zero-order valence-corrected chi connectivity index (χ0v) is 6.06. The van der Waals surface area contributed by atoms with Crippen molar-refractivity contribution in [2.24, 2.45) is 17.2 Å². The van der Waals surface area contributed by atoms with Gasteiger partial charge in [0.25, 0.3) is 0 Å². The molecule has 0 amide bonds. The Labute approximate surface area is 64.3 Å². The second-order valence-electron chi connectivity index (χ2n) is 2.04. The molecule has 0 aromatic heterocycles. The minimum absolute atomic E-state index is 0.117. The number of hydrogen-bond donors (Lipinski definition) is 4. The predicted molar refractivity (Wildman–Crippen MR) is 38.2 cm³/mol. The Kier molecular flexibility index (Phi) is 4.71. The highest BCUT2D eigenvalue weighted by atomic mass is 16.5. The minimum Gasteiger partial charge on any atom is -0.463 e. The molecule has 0 aliphatic carbocycles. The van der Waals surface area contributed by atoms with Crippen LogP contribution in [0.3, 0.4) is 0 Å². The molecule has 0 aliphatic rings. The molecule has 0 saturated carbocycles. The maximum absolute atomic E-state index is 10.4. The fraction of sp³-hybridized carbons (Fsp3) is 0.800. The topological polar surface area (TPSA) is 125 Å². The first-order valence-corrected chi connectivity index (χ1v) is 3.13. The number of aliphatic hydroxyl groups is 1. The Morgan fingerprint density at radius 2 is 2.09 bits per heavy atom. The van der Waals surface area contributed by atoms with Gasteiger partial charge in [0, 0.05) is 0 Å². The summed E-state index contributed by atoms with van der Waals surface area (Å²) in [4.78, 5) is 10.4. The van der Waals surface area contributed by atoms with E-state index in [4.69, 9.17) is 22.3 Å². The van der Waals surface area contributed by atoms with Crippen molar-refractivity contribution >= 4 is 5.97 Å². The van der Waals surface area contributed by atoms with E-state index < -0.39 is 18.2 Å². The van der Waals surface area contributed by atoms with Crippen LogP contribution in [0.4, 0.5) is 0 Å². The molecule has 6 heteroatoms. The van der Waals surface area contributed by atoms with Crippen molar-refractivity contribution in [3.63, 3.8) is 0 Å². The van der Waals surface area contributed by atoms with Gasteiger partial charge < -0.3 is 27.0 Å². The first kappa shape index (κ1) is 10.3. The molecule has 0 unspecified atom stereocenters. The van der Waals surface area contributed by atoms with Gasteiger partial charge in [0.1, 0.15) is 12.8 Å². The van der Waals surface area contributed by atoms with Crippen LogP contribution >= 0.6 is 0 Å². The summed E-state index contributed by atoms with van der Waals surface area (Å²) in [6.07, 6.45) is -1.18. The average molecular weight is 163 g/mol. The van der Waals surface area contributed by atoms with Crippen molar-refractivity contribution in [1.29, 1.82) is 0 Å². The summed E-state index contributed by atoms with van der Waals surface area (Å²) in [6, 6.07) is -0.759. The summed E-state index contributed by atoms with van der Waals surface area (Å²) in [6.45, 7) is -0.318. The van der Waals surface area contributed by atoms with Crippen molar-refractivity contribution in [1.82, 2.24) is 0 Å². The third-order valence-corrected chi connectivity index (χ3v) is 1.04. The molecule has 0 aliphatic heterocycles. The van der Waals surface area contributed by atoms with E-state index in [1.54, 1.807) is 0 Å². The summed E-state index contributed by atoms with van der Waals surface area (Å²) in [7, 11) is 0. The van der Waals surface area contributed by atoms with E-state index in [0.29, 0.717) is 0 Å². The van der Waals surface area contributed by atoms with Crippen molar-refractivity contribution in [2.75, 3.05) is 13.2 Å². The van der Waals surface area contributed by atoms with E-state index in [1.165, 1.54) is 0 Å². The summed E-state index contributed by atoms with van der Waals surface area (Å²) >= 11 is 0. The molecule has 7 N–H and O–H groups in total. The van der Waals surface area contributed by atoms with E-state index in [0.717, 1.165) is 0 Å². The molecule has 66 valence electrons. The highest BCUT2D eigenvalue weighted by Crippen LogP contribution is 1.84. The Balaban J connectivity index is 3.45. The Morgan fingerprint density at radius 1 is 1.55 bits per heavy atom. The predicted octanol–water partition coefficient (Wildman–Crippen LogP) is -2.91. The van der Waals surface area contributed by atoms with Gasteiger partial charge in [-0.15, -0.1) is 0 Å². The number of rotatable bonds is 4. The molecular weight excluding hydrogens is 150 g/mol. The zero-order valence-electron chi connectivity index (χ0n) is 6.06. The number of ether oxygens (including phenoxy) is 1. The first-order chi connectivity index (χ1) is 5.07. The van der Waals surface area contributed by atoms with E-state index in [2.05, 4.69) is 4.74 Å². The summed E-state index contributed by atoms with van der Waals surface area (Å²) in [5.74, 6) is -0.568. The molecule has 0 rings (SSSR count). The van der Waals surface area contributed by atoms with Gasteiger partial charge in [-0.25, -0.2) is 0 Å². The second-order valence-corrected chi connectivity index (χ2v) is 2.04. The van der Waals surface area contributed by atoms with E-state index in [1.807, 2.05) is 0 Å². The Hall–Kier alpha value is -0.690. The third kappa shape index (κ3) is 4.68. The largest absolute Gasteiger partial charge is 0.463 e. The van der Waals surface area contributed by atoms with Gasteiger partial charge >= 0.3 is 5.97 Å². The van der Waals surface area contributed by atoms with Crippen LogP contribution in [-0.2, 0) is 9.53 Å². The molecule has 0 radical (unpaired) electrons. The van der Waals surface area contributed by atoms with Gasteiger partial charge in [-0.05, 0) is 0 Å². The van der Waals surface area contributed by atoms with Crippen LogP contribution in [0.5, 0.6) is 0 Å². The normalized spacial score (nSPS) is 15.6. The lowest BCUT2D eigenvalue weighted by molar-refractivity contribution is -0.143. The summed E-state index contributed by atoms with van der Waals surface area (Å²) < 4.78 is 4.49. The maximum atomic E-state index is 10.4. The van der Waals surface area contributed by atoms with Crippen molar-refractivity contribution < 1.29 is 14.6 Å². The van der Waals surface area contributed by atoms with Gasteiger partial charge in [-0.3, -0.25) is 4.79 Å². The lowest BCUT2D eigenvalue weighted by Gasteiger charge is -2.13. The molecule has 0 fully saturated rings. The quantitative estimate of drug-likeness (QED) is 0.260. The highest BCUT2D eigenvalue weighted by molar-refractivity contribution is 5.71. The Morgan fingerprint density at radius 3 is 2.45 bits per heavy atom. The van der Waals surface area contributed by atoms with Gasteiger partial charge in [-0.2, -0.15) is 0 Å². The van der Waals surface area contributed by atoms with E-state index in [9.17, 15) is 4.79 Å². The van der Waals surface area contributed by atoms with Crippen LogP contribution in [0.1, 0.15) is 0 Å². The van der Waals surface area contributed by atoms with Crippen LogP contribution in [0.2, 0.25) is 0 Å². The molecule has 0 heterocycles. The van der Waals surface area contributed by atoms with E-state index in [-0.39, 0.29) is 13.2 Å². The monoisotopic (exact) mass is 163 g/mol. The SMILES string of the molecule is NCC(=O)OC[C@H](N)[C@H](N)O. The van der Waals surface area contributed by atoms with E-state index >= 15 is 0 Å². The van der Waals surface area contributed by atoms with Crippen LogP contribution in [0.15, 0.2) is 0 Å². The van der Waals surface area contributed by atoms with Crippen LogP contribution < -0.4 is 17.2 Å². The molecule has 0 aromatic carbocycles. The van der Waals surface area contributed by atoms with Crippen molar-refractivity contribution in [3.05, 3.63) is 0 Å². The standard InChI is InChI=1S/C5H13N3O3/c6-1-4(9)11-2-3(7)5(8)10/h3,5,10H,1-2,6-8H2/t3-,5+/m0/s1. The molecule has 0 saturated heterocycles. The van der Waals surface area contributed by atoms with Crippen molar-refractivity contribution in [3.8, 4) is 0 Å². The van der Waals surface area contributed by atoms with Gasteiger partial charge in [0.2, 0.25) is 0 Å². The maximum Gasteiger partial charge on any atom is 0.319 e. The molecule has 11 heavy (non-hydrogen) atoms. The van der Waals surface area contributed by atoms with Crippen LogP contribution in [0, 0.1) is 0 Å². The fourth-order valence-electron chi connectivity index (χ4n) is 0.347. The van der Waals surface area contributed by atoms with Gasteiger partial charge in [-0.1, -0.05) is 0 Å². The summed E-state index contributed by atoms with van der Waals surface area (Å²) in [5, 5.41) is 8.64.